The number of hydrogen-bond donors (Lipinski definition) is 0. The van der Waals surface area contributed by atoms with Crippen LogP contribution in [0.4, 0.5) is 0 Å². The molecule has 4 atom stereocenters. The molecule has 2 rings (SSSR count). The number of fused-ring (bicyclic) bond motifs is 1. The van der Waals surface area contributed by atoms with Crippen LogP contribution in [0.2, 0.25) is 0 Å². The number of hydrogen-bond acceptors (Lipinski definition) is 4. The molecule has 0 unspecified atom stereocenters. The van der Waals surface area contributed by atoms with Crippen LogP contribution in [0.1, 0.15) is 19.8 Å². The Kier molecular flexibility index (Phi) is 3.47. The molecule has 2 fully saturated rings. The van der Waals surface area contributed by atoms with Crippen molar-refractivity contribution >= 4 is 5.97 Å². The van der Waals surface area contributed by atoms with Gasteiger partial charge >= 0.3 is 5.97 Å². The number of carbonyl (C=O) groups is 1. The van der Waals surface area contributed by atoms with E-state index in [-0.39, 0.29) is 36.8 Å². The van der Waals surface area contributed by atoms with E-state index in [4.69, 9.17) is 20.6 Å². The molecule has 16 heavy (non-hydrogen) atoms. The van der Waals surface area contributed by atoms with Crippen LogP contribution >= 0.6 is 0 Å². The first-order valence-electron chi connectivity index (χ1n) is 5.61. The lowest BCUT2D eigenvalue weighted by atomic mass is 9.93. The number of carbonyl (C=O) groups excluding carboxylic acids is 1. The summed E-state index contributed by atoms with van der Waals surface area (Å²) in [5, 5.41) is 0. The lowest BCUT2D eigenvalue weighted by molar-refractivity contribution is -0.143. The molecule has 2 aliphatic rings. The van der Waals surface area contributed by atoms with E-state index in [2.05, 4.69) is 5.92 Å². The smallest absolute Gasteiger partial charge is 0.306 e. The van der Waals surface area contributed by atoms with Gasteiger partial charge in [0.1, 0.15) is 12.9 Å². The number of esters is 1. The fourth-order valence-corrected chi connectivity index (χ4v) is 2.48. The number of terminal acetylenes is 1. The van der Waals surface area contributed by atoms with Crippen molar-refractivity contribution in [3.8, 4) is 12.3 Å². The summed E-state index contributed by atoms with van der Waals surface area (Å²) in [6.45, 7) is 2.79. The lowest BCUT2D eigenvalue weighted by Gasteiger charge is -2.17. The van der Waals surface area contributed by atoms with Crippen molar-refractivity contribution in [1.82, 2.24) is 0 Å². The molecule has 4 heteroatoms. The van der Waals surface area contributed by atoms with Gasteiger partial charge in [0.25, 0.3) is 0 Å². The second-order valence-electron chi connectivity index (χ2n) is 4.14. The maximum atomic E-state index is 11.1. The van der Waals surface area contributed by atoms with Crippen LogP contribution in [0.15, 0.2) is 0 Å². The van der Waals surface area contributed by atoms with Crippen molar-refractivity contribution in [1.29, 1.82) is 0 Å². The Hall–Kier alpha value is -1.05. The zero-order chi connectivity index (χ0) is 11.5. The second kappa shape index (κ2) is 4.86. The molecular formula is C12H16O4. The fraction of sp³-hybridized carbons (Fsp3) is 0.750. The molecule has 0 N–H and O–H groups in total. The number of ether oxygens (including phenoxy) is 3. The zero-order valence-corrected chi connectivity index (χ0v) is 9.35. The predicted octanol–water partition coefficient (Wildman–Crippen LogP) is 0.950. The van der Waals surface area contributed by atoms with Gasteiger partial charge in [0, 0.05) is 18.9 Å². The molecular weight excluding hydrogens is 208 g/mol. The molecule has 88 valence electrons. The number of rotatable bonds is 4. The summed E-state index contributed by atoms with van der Waals surface area (Å²) in [6, 6.07) is 0. The van der Waals surface area contributed by atoms with Crippen LogP contribution in [0.5, 0.6) is 0 Å². The maximum Gasteiger partial charge on any atom is 0.306 e. The summed E-state index contributed by atoms with van der Waals surface area (Å²) in [4.78, 5) is 11.1. The van der Waals surface area contributed by atoms with Crippen LogP contribution in [-0.2, 0) is 19.0 Å². The van der Waals surface area contributed by atoms with E-state index in [1.165, 1.54) is 0 Å². The molecule has 0 bridgehead atoms. The van der Waals surface area contributed by atoms with Gasteiger partial charge in [0.2, 0.25) is 0 Å². The Bertz CT molecular complexity index is 307. The largest absolute Gasteiger partial charge is 0.462 e. The lowest BCUT2D eigenvalue weighted by Crippen LogP contribution is -2.22. The normalized spacial score (nSPS) is 36.9. The van der Waals surface area contributed by atoms with Gasteiger partial charge in [0.05, 0.1) is 18.4 Å². The van der Waals surface area contributed by atoms with Crippen molar-refractivity contribution in [3.63, 3.8) is 0 Å². The first-order valence-corrected chi connectivity index (χ1v) is 5.61. The molecule has 1 saturated carbocycles. The first kappa shape index (κ1) is 11.4. The summed E-state index contributed by atoms with van der Waals surface area (Å²) in [5.74, 6) is 2.68. The van der Waals surface area contributed by atoms with Gasteiger partial charge in [-0.25, -0.2) is 0 Å². The molecule has 1 heterocycles. The quantitative estimate of drug-likeness (QED) is 0.309. The van der Waals surface area contributed by atoms with E-state index in [1.807, 2.05) is 6.92 Å². The van der Waals surface area contributed by atoms with Gasteiger partial charge in [-0.1, -0.05) is 0 Å². The molecule has 4 nitrogen and oxygen atoms in total. The minimum Gasteiger partial charge on any atom is -0.462 e. The zero-order valence-electron chi connectivity index (χ0n) is 9.35. The molecule has 1 saturated heterocycles. The minimum absolute atomic E-state index is 0.0306. The molecule has 0 aromatic carbocycles. The van der Waals surface area contributed by atoms with E-state index >= 15 is 0 Å². The standard InChI is InChI=1S/C12H16O4/c1-3-8-9-5-12(13)16-11(9)6-10(8)15-7-14-4-2/h1,8-11H,4-7H2,2H3/t8-,9-,10-,11+/m1/s1. The van der Waals surface area contributed by atoms with Crippen LogP contribution in [0.3, 0.4) is 0 Å². The summed E-state index contributed by atoms with van der Waals surface area (Å²) in [5.41, 5.74) is 0. The molecule has 0 spiro atoms. The maximum absolute atomic E-state index is 11.1. The third-order valence-electron chi connectivity index (χ3n) is 3.25. The van der Waals surface area contributed by atoms with Crippen molar-refractivity contribution in [2.45, 2.75) is 32.0 Å². The Morgan fingerprint density at radius 3 is 3.12 bits per heavy atom. The van der Waals surface area contributed by atoms with Crippen molar-refractivity contribution < 1.29 is 19.0 Å². The molecule has 1 aliphatic heterocycles. The van der Waals surface area contributed by atoms with E-state index < -0.39 is 0 Å². The highest BCUT2D eigenvalue weighted by Crippen LogP contribution is 2.42. The van der Waals surface area contributed by atoms with E-state index in [1.54, 1.807) is 0 Å². The van der Waals surface area contributed by atoms with Crippen LogP contribution < -0.4 is 0 Å². The average Bonchev–Trinajstić information content (AvgIpc) is 2.74. The summed E-state index contributed by atoms with van der Waals surface area (Å²) >= 11 is 0. The minimum atomic E-state index is -0.140. The predicted molar refractivity (Wildman–Crippen MR) is 56.3 cm³/mol. The molecule has 0 aromatic rings. The topological polar surface area (TPSA) is 44.8 Å². The Balaban J connectivity index is 1.92. The van der Waals surface area contributed by atoms with Gasteiger partial charge in [0.15, 0.2) is 0 Å². The summed E-state index contributed by atoms with van der Waals surface area (Å²) in [7, 11) is 0. The summed E-state index contributed by atoms with van der Waals surface area (Å²) in [6.07, 6.45) is 6.51. The third kappa shape index (κ3) is 2.06. The fourth-order valence-electron chi connectivity index (χ4n) is 2.48. The van der Waals surface area contributed by atoms with Crippen LogP contribution in [0, 0.1) is 24.2 Å². The van der Waals surface area contributed by atoms with E-state index in [9.17, 15) is 4.79 Å². The highest BCUT2D eigenvalue weighted by atomic mass is 16.7. The summed E-state index contributed by atoms with van der Waals surface area (Å²) < 4.78 is 15.9. The van der Waals surface area contributed by atoms with E-state index in [0.29, 0.717) is 19.4 Å². The first-order chi connectivity index (χ1) is 7.76. The van der Waals surface area contributed by atoms with Gasteiger partial charge in [-0.2, -0.15) is 0 Å². The molecule has 0 radical (unpaired) electrons. The van der Waals surface area contributed by atoms with Gasteiger partial charge < -0.3 is 14.2 Å². The van der Waals surface area contributed by atoms with Crippen LogP contribution in [-0.4, -0.2) is 31.6 Å². The van der Waals surface area contributed by atoms with Crippen molar-refractivity contribution in [2.24, 2.45) is 11.8 Å². The average molecular weight is 224 g/mol. The Morgan fingerprint density at radius 1 is 1.62 bits per heavy atom. The monoisotopic (exact) mass is 224 g/mol. The molecule has 0 amide bonds. The molecule has 1 aliphatic carbocycles. The van der Waals surface area contributed by atoms with Gasteiger partial charge in [-0.05, 0) is 6.92 Å². The van der Waals surface area contributed by atoms with E-state index in [0.717, 1.165) is 0 Å². The van der Waals surface area contributed by atoms with Gasteiger partial charge in [-0.3, -0.25) is 4.79 Å². The Labute approximate surface area is 95.2 Å². The SMILES string of the molecule is C#C[C@@H]1[C@H]2CC(=O)O[C@H]2C[C@H]1OCOCC. The second-order valence-corrected chi connectivity index (χ2v) is 4.14. The Morgan fingerprint density at radius 2 is 2.44 bits per heavy atom. The van der Waals surface area contributed by atoms with Crippen molar-refractivity contribution in [2.75, 3.05) is 13.4 Å². The highest BCUT2D eigenvalue weighted by Gasteiger charge is 2.50. The highest BCUT2D eigenvalue weighted by molar-refractivity contribution is 5.72. The third-order valence-corrected chi connectivity index (χ3v) is 3.25. The van der Waals surface area contributed by atoms with Gasteiger partial charge in [-0.15, -0.1) is 12.3 Å². The van der Waals surface area contributed by atoms with Crippen LogP contribution in [0.25, 0.3) is 0 Å². The van der Waals surface area contributed by atoms with Crippen molar-refractivity contribution in [3.05, 3.63) is 0 Å². The molecule has 0 aromatic heterocycles.